The van der Waals surface area contributed by atoms with Crippen molar-refractivity contribution in [2.24, 2.45) is 0 Å². The van der Waals surface area contributed by atoms with E-state index in [2.05, 4.69) is 5.32 Å². The van der Waals surface area contributed by atoms with Gasteiger partial charge in [0.25, 0.3) is 5.91 Å². The van der Waals surface area contributed by atoms with Gasteiger partial charge in [-0.2, -0.15) is 0 Å². The summed E-state index contributed by atoms with van der Waals surface area (Å²) in [6, 6.07) is 5.61. The van der Waals surface area contributed by atoms with Crippen LogP contribution in [0.5, 0.6) is 0 Å². The first-order chi connectivity index (χ1) is 9.38. The maximum absolute atomic E-state index is 13.3. The predicted molar refractivity (Wildman–Crippen MR) is 70.5 cm³/mol. The van der Waals surface area contributed by atoms with Gasteiger partial charge < -0.3 is 5.32 Å². The Morgan fingerprint density at radius 1 is 1.05 bits per heavy atom. The first kappa shape index (κ1) is 14.4. The normalized spacial score (nSPS) is 10.4. The second-order valence-electron chi connectivity index (χ2n) is 4.17. The minimum atomic E-state index is -1.02. The number of hydrogen-bond donors (Lipinski definition) is 1. The molecule has 0 unspecified atom stereocenters. The largest absolute Gasteiger partial charge is 0.322 e. The number of amides is 1. The van der Waals surface area contributed by atoms with Crippen molar-refractivity contribution < 1.29 is 18.0 Å². The van der Waals surface area contributed by atoms with Gasteiger partial charge in [0.2, 0.25) is 0 Å². The van der Waals surface area contributed by atoms with E-state index in [0.29, 0.717) is 11.3 Å². The highest BCUT2D eigenvalue weighted by atomic mass is 35.5. The van der Waals surface area contributed by atoms with E-state index in [1.54, 1.807) is 0 Å². The first-order valence-corrected chi connectivity index (χ1v) is 5.98. The number of carbonyl (C=O) groups excluding carboxylic acids is 1. The Balaban J connectivity index is 2.26. The number of benzene rings is 2. The molecule has 0 fully saturated rings. The van der Waals surface area contributed by atoms with Gasteiger partial charge in [0.05, 0.1) is 0 Å². The Bertz CT molecular complexity index is 665. The van der Waals surface area contributed by atoms with Gasteiger partial charge in [-0.25, -0.2) is 13.2 Å². The summed E-state index contributed by atoms with van der Waals surface area (Å²) in [5.74, 6) is -3.17. The molecule has 20 heavy (non-hydrogen) atoms. The average molecular weight is 300 g/mol. The van der Waals surface area contributed by atoms with Gasteiger partial charge in [0.1, 0.15) is 22.5 Å². The molecule has 0 saturated heterocycles. The van der Waals surface area contributed by atoms with Crippen molar-refractivity contribution >= 4 is 23.2 Å². The summed E-state index contributed by atoms with van der Waals surface area (Å²) in [7, 11) is 0. The van der Waals surface area contributed by atoms with Crippen LogP contribution in [0.3, 0.4) is 0 Å². The molecule has 0 aliphatic carbocycles. The fourth-order valence-electron chi connectivity index (χ4n) is 1.61. The third kappa shape index (κ3) is 2.93. The van der Waals surface area contributed by atoms with Gasteiger partial charge in [-0.05, 0) is 42.8 Å². The maximum atomic E-state index is 13.3. The summed E-state index contributed by atoms with van der Waals surface area (Å²) in [6.07, 6.45) is 0. The van der Waals surface area contributed by atoms with Crippen molar-refractivity contribution in [3.63, 3.8) is 0 Å². The molecule has 2 nitrogen and oxygen atoms in total. The fraction of sp³-hybridized carbons (Fsp3) is 0.0714. The highest BCUT2D eigenvalue weighted by Gasteiger charge is 2.14. The molecule has 104 valence electrons. The third-order valence-electron chi connectivity index (χ3n) is 2.66. The van der Waals surface area contributed by atoms with Crippen LogP contribution in [0.4, 0.5) is 18.9 Å². The molecule has 0 aromatic heterocycles. The van der Waals surface area contributed by atoms with E-state index in [9.17, 15) is 18.0 Å². The zero-order chi connectivity index (χ0) is 14.9. The van der Waals surface area contributed by atoms with Crippen LogP contribution in [0, 0.1) is 24.4 Å². The Labute approximate surface area is 118 Å². The predicted octanol–water partition coefficient (Wildman–Crippen LogP) is 4.32. The molecule has 0 radical (unpaired) electrons. The van der Waals surface area contributed by atoms with Crippen LogP contribution in [0.25, 0.3) is 0 Å². The highest BCUT2D eigenvalue weighted by Crippen LogP contribution is 2.21. The lowest BCUT2D eigenvalue weighted by molar-refractivity contribution is 0.102. The first-order valence-electron chi connectivity index (χ1n) is 5.60. The van der Waals surface area contributed by atoms with E-state index >= 15 is 0 Å². The van der Waals surface area contributed by atoms with E-state index in [-0.39, 0.29) is 5.56 Å². The van der Waals surface area contributed by atoms with Gasteiger partial charge in [0, 0.05) is 11.3 Å². The van der Waals surface area contributed by atoms with Crippen LogP contribution in [-0.4, -0.2) is 5.91 Å². The summed E-state index contributed by atoms with van der Waals surface area (Å²) in [4.78, 5) is 11.8. The van der Waals surface area contributed by atoms with Crippen LogP contribution < -0.4 is 5.32 Å². The van der Waals surface area contributed by atoms with Crippen molar-refractivity contribution in [2.45, 2.75) is 6.92 Å². The second kappa shape index (κ2) is 5.54. The van der Waals surface area contributed by atoms with Crippen molar-refractivity contribution in [3.05, 3.63) is 63.9 Å². The van der Waals surface area contributed by atoms with Gasteiger partial charge >= 0.3 is 0 Å². The molecule has 2 rings (SSSR count). The number of nitrogens with one attached hydrogen (secondary N) is 1. The quantitative estimate of drug-likeness (QED) is 0.822. The molecule has 0 atom stereocenters. The topological polar surface area (TPSA) is 29.1 Å². The highest BCUT2D eigenvalue weighted by molar-refractivity contribution is 6.31. The SMILES string of the molecule is Cc1cc(NC(=O)c2cc(F)c(Cl)c(F)c2)ccc1F. The molecule has 1 amide bonds. The van der Waals surface area contributed by atoms with E-state index < -0.39 is 28.4 Å². The number of halogens is 4. The number of carbonyl (C=O) groups is 1. The van der Waals surface area contributed by atoms with Gasteiger partial charge in [0.15, 0.2) is 0 Å². The lowest BCUT2D eigenvalue weighted by atomic mass is 10.1. The number of hydrogen-bond acceptors (Lipinski definition) is 1. The second-order valence-corrected chi connectivity index (χ2v) is 4.55. The van der Waals surface area contributed by atoms with E-state index in [4.69, 9.17) is 11.6 Å². The lowest BCUT2D eigenvalue weighted by Crippen LogP contribution is -2.13. The summed E-state index contributed by atoms with van der Waals surface area (Å²) in [5.41, 5.74) is 0.451. The smallest absolute Gasteiger partial charge is 0.255 e. The van der Waals surface area contributed by atoms with Gasteiger partial charge in [-0.1, -0.05) is 11.6 Å². The lowest BCUT2D eigenvalue weighted by Gasteiger charge is -2.07. The average Bonchev–Trinajstić information content (AvgIpc) is 2.39. The van der Waals surface area contributed by atoms with E-state index in [1.807, 2.05) is 0 Å². The van der Waals surface area contributed by atoms with E-state index in [1.165, 1.54) is 25.1 Å². The monoisotopic (exact) mass is 299 g/mol. The van der Waals surface area contributed by atoms with Crippen LogP contribution in [-0.2, 0) is 0 Å². The van der Waals surface area contributed by atoms with Crippen molar-refractivity contribution in [2.75, 3.05) is 5.32 Å². The summed E-state index contributed by atoms with van der Waals surface area (Å²) in [5, 5.41) is 1.75. The summed E-state index contributed by atoms with van der Waals surface area (Å²) >= 11 is 5.33. The summed E-state index contributed by atoms with van der Waals surface area (Å²) in [6.45, 7) is 1.53. The molecule has 2 aromatic rings. The number of aryl methyl sites for hydroxylation is 1. The molecule has 1 N–H and O–H groups in total. The molecule has 0 heterocycles. The van der Waals surface area contributed by atoms with Crippen LogP contribution in [0.2, 0.25) is 5.02 Å². The number of anilines is 1. The molecular weight excluding hydrogens is 291 g/mol. The Morgan fingerprint density at radius 2 is 1.65 bits per heavy atom. The third-order valence-corrected chi connectivity index (χ3v) is 3.02. The summed E-state index contributed by atoms with van der Waals surface area (Å²) < 4.78 is 39.6. The zero-order valence-electron chi connectivity index (χ0n) is 10.3. The minimum Gasteiger partial charge on any atom is -0.322 e. The van der Waals surface area contributed by atoms with Crippen molar-refractivity contribution in [1.29, 1.82) is 0 Å². The van der Waals surface area contributed by atoms with Crippen LogP contribution >= 0.6 is 11.6 Å². The molecule has 0 aliphatic heterocycles. The van der Waals surface area contributed by atoms with E-state index in [0.717, 1.165) is 12.1 Å². The minimum absolute atomic E-state index is 0.216. The zero-order valence-corrected chi connectivity index (χ0v) is 11.1. The molecule has 0 spiro atoms. The van der Waals surface area contributed by atoms with Gasteiger partial charge in [-0.15, -0.1) is 0 Å². The Hall–Kier alpha value is -2.01. The molecular formula is C14H9ClF3NO. The van der Waals surface area contributed by atoms with Gasteiger partial charge in [-0.3, -0.25) is 4.79 Å². The standard InChI is InChI=1S/C14H9ClF3NO/c1-7-4-9(2-3-10(7)16)19-14(20)8-5-11(17)13(15)12(18)6-8/h2-6H,1H3,(H,19,20). The Morgan fingerprint density at radius 3 is 2.20 bits per heavy atom. The molecule has 0 bridgehead atoms. The molecule has 6 heteroatoms. The Kier molecular flexibility index (Phi) is 3.99. The molecule has 0 saturated carbocycles. The van der Waals surface area contributed by atoms with Crippen LogP contribution in [0.15, 0.2) is 30.3 Å². The van der Waals surface area contributed by atoms with Crippen molar-refractivity contribution in [3.8, 4) is 0 Å². The molecule has 2 aromatic carbocycles. The number of rotatable bonds is 2. The van der Waals surface area contributed by atoms with Crippen LogP contribution in [0.1, 0.15) is 15.9 Å². The van der Waals surface area contributed by atoms with Crippen molar-refractivity contribution in [1.82, 2.24) is 0 Å². The fourth-order valence-corrected chi connectivity index (χ4v) is 1.72. The maximum Gasteiger partial charge on any atom is 0.255 e. The molecule has 0 aliphatic rings.